The lowest BCUT2D eigenvalue weighted by molar-refractivity contribution is 0.101. The Morgan fingerprint density at radius 2 is 2.10 bits per heavy atom. The Morgan fingerprint density at radius 1 is 1.38 bits per heavy atom. The van der Waals surface area contributed by atoms with Crippen molar-refractivity contribution in [2.45, 2.75) is 26.2 Å². The summed E-state index contributed by atoms with van der Waals surface area (Å²) in [5.74, 6) is -0.0793. The normalized spacial score (nSPS) is 11.3. The summed E-state index contributed by atoms with van der Waals surface area (Å²) in [4.78, 5) is 16.3. The van der Waals surface area contributed by atoms with Crippen LogP contribution in [-0.4, -0.2) is 28.2 Å². The van der Waals surface area contributed by atoms with Crippen molar-refractivity contribution in [3.05, 3.63) is 35.7 Å². The van der Waals surface area contributed by atoms with Crippen LogP contribution < -0.4 is 10.1 Å². The Morgan fingerprint density at radius 3 is 2.67 bits per heavy atom. The number of nitrogens with one attached hydrogen (secondary N) is 2. The molecule has 0 unspecified atom stereocenters. The highest BCUT2D eigenvalue weighted by Gasteiger charge is 2.21. The third-order valence-corrected chi connectivity index (χ3v) is 2.81. The van der Waals surface area contributed by atoms with Crippen molar-refractivity contribution in [1.29, 1.82) is 0 Å². The van der Waals surface area contributed by atoms with Gasteiger partial charge in [-0.25, -0.2) is 9.37 Å². The lowest BCUT2D eigenvalue weighted by Gasteiger charge is -2.12. The SMILES string of the molecule is COc1cc(F)ccc1NC(=O)c1n[nH]c(C(C)(C)C)n1. The predicted molar refractivity (Wildman–Crippen MR) is 76.0 cm³/mol. The highest BCUT2D eigenvalue weighted by atomic mass is 19.1. The van der Waals surface area contributed by atoms with E-state index in [4.69, 9.17) is 4.74 Å². The van der Waals surface area contributed by atoms with Crippen LogP contribution in [0, 0.1) is 5.82 Å². The van der Waals surface area contributed by atoms with E-state index in [2.05, 4.69) is 20.5 Å². The standard InChI is InChI=1S/C14H17FN4O2/c1-14(2,3)13-17-11(18-19-13)12(20)16-9-6-5-8(15)7-10(9)21-4/h5-7H,1-4H3,(H,16,20)(H,17,18,19). The van der Waals surface area contributed by atoms with E-state index in [1.54, 1.807) is 0 Å². The average molecular weight is 292 g/mol. The Kier molecular flexibility index (Phi) is 3.93. The maximum absolute atomic E-state index is 13.1. The number of H-pyrrole nitrogens is 1. The molecule has 0 atom stereocenters. The van der Waals surface area contributed by atoms with Gasteiger partial charge < -0.3 is 10.1 Å². The summed E-state index contributed by atoms with van der Waals surface area (Å²) in [5, 5.41) is 9.22. The fraction of sp³-hybridized carbons (Fsp3) is 0.357. The van der Waals surface area contributed by atoms with Gasteiger partial charge in [0, 0.05) is 11.5 Å². The Balaban J connectivity index is 2.20. The summed E-state index contributed by atoms with van der Waals surface area (Å²) >= 11 is 0. The smallest absolute Gasteiger partial charge is 0.295 e. The minimum absolute atomic E-state index is 0.0197. The van der Waals surface area contributed by atoms with Crippen LogP contribution in [0.1, 0.15) is 37.2 Å². The van der Waals surface area contributed by atoms with E-state index in [-0.39, 0.29) is 17.0 Å². The number of ether oxygens (including phenoxy) is 1. The van der Waals surface area contributed by atoms with Crippen molar-refractivity contribution in [3.8, 4) is 5.75 Å². The molecule has 0 bridgehead atoms. The largest absolute Gasteiger partial charge is 0.494 e. The van der Waals surface area contributed by atoms with E-state index in [1.807, 2.05) is 20.8 Å². The molecule has 21 heavy (non-hydrogen) atoms. The summed E-state index contributed by atoms with van der Waals surface area (Å²) < 4.78 is 18.1. The molecular formula is C14H17FN4O2. The second kappa shape index (κ2) is 5.51. The Hall–Kier alpha value is -2.44. The Labute approximate surface area is 121 Å². The number of anilines is 1. The number of amides is 1. The molecule has 2 N–H and O–H groups in total. The van der Waals surface area contributed by atoms with Crippen LogP contribution in [0.2, 0.25) is 0 Å². The van der Waals surface area contributed by atoms with Gasteiger partial charge in [-0.15, -0.1) is 5.10 Å². The van der Waals surface area contributed by atoms with Gasteiger partial charge in [-0.2, -0.15) is 0 Å². The highest BCUT2D eigenvalue weighted by Crippen LogP contribution is 2.25. The molecule has 2 aromatic rings. The van der Waals surface area contributed by atoms with Gasteiger partial charge in [0.15, 0.2) is 0 Å². The van der Waals surface area contributed by atoms with Gasteiger partial charge >= 0.3 is 0 Å². The summed E-state index contributed by atoms with van der Waals surface area (Å²) in [6.45, 7) is 5.87. The molecule has 1 aromatic carbocycles. The van der Waals surface area contributed by atoms with Crippen molar-refractivity contribution >= 4 is 11.6 Å². The summed E-state index contributed by atoms with van der Waals surface area (Å²) in [7, 11) is 1.40. The zero-order valence-electron chi connectivity index (χ0n) is 12.3. The third kappa shape index (κ3) is 3.36. The highest BCUT2D eigenvalue weighted by molar-refractivity contribution is 6.02. The first-order valence-corrected chi connectivity index (χ1v) is 6.39. The van der Waals surface area contributed by atoms with E-state index in [1.165, 1.54) is 25.3 Å². The van der Waals surface area contributed by atoms with Gasteiger partial charge in [-0.05, 0) is 12.1 Å². The number of nitrogens with zero attached hydrogens (tertiary/aromatic N) is 2. The minimum atomic E-state index is -0.494. The van der Waals surface area contributed by atoms with Crippen LogP contribution >= 0.6 is 0 Å². The molecule has 0 aliphatic carbocycles. The van der Waals surface area contributed by atoms with Crippen LogP contribution in [0.15, 0.2) is 18.2 Å². The maximum Gasteiger partial charge on any atom is 0.295 e. The number of carbonyl (C=O) groups excluding carboxylic acids is 1. The van der Waals surface area contributed by atoms with Crippen molar-refractivity contribution in [1.82, 2.24) is 15.2 Å². The molecule has 0 fully saturated rings. The molecule has 1 amide bonds. The maximum atomic E-state index is 13.1. The summed E-state index contributed by atoms with van der Waals surface area (Å²) in [6.07, 6.45) is 0. The first-order valence-electron chi connectivity index (χ1n) is 6.39. The molecule has 1 heterocycles. The lowest BCUT2D eigenvalue weighted by atomic mass is 9.96. The minimum Gasteiger partial charge on any atom is -0.494 e. The van der Waals surface area contributed by atoms with E-state index < -0.39 is 11.7 Å². The molecule has 0 radical (unpaired) electrons. The molecular weight excluding hydrogens is 275 g/mol. The van der Waals surface area contributed by atoms with Gasteiger partial charge in [0.2, 0.25) is 5.82 Å². The van der Waals surface area contributed by atoms with Crippen LogP contribution in [0.3, 0.4) is 0 Å². The van der Waals surface area contributed by atoms with Crippen molar-refractivity contribution in [2.24, 2.45) is 0 Å². The molecule has 0 spiro atoms. The van der Waals surface area contributed by atoms with Crippen molar-refractivity contribution < 1.29 is 13.9 Å². The Bertz CT molecular complexity index is 661. The number of halogens is 1. The molecule has 6 nitrogen and oxygen atoms in total. The molecule has 1 aromatic heterocycles. The van der Waals surface area contributed by atoms with E-state index in [9.17, 15) is 9.18 Å². The second-order valence-corrected chi connectivity index (χ2v) is 5.56. The van der Waals surface area contributed by atoms with Crippen molar-refractivity contribution in [3.63, 3.8) is 0 Å². The summed E-state index contributed by atoms with van der Waals surface area (Å²) in [5.41, 5.74) is 0.116. The monoisotopic (exact) mass is 292 g/mol. The fourth-order valence-corrected chi connectivity index (χ4v) is 1.65. The molecule has 0 aliphatic heterocycles. The predicted octanol–water partition coefficient (Wildman–Crippen LogP) is 2.50. The van der Waals surface area contributed by atoms with E-state index in [0.29, 0.717) is 11.5 Å². The van der Waals surface area contributed by atoms with Gasteiger partial charge in [0.1, 0.15) is 17.4 Å². The first kappa shape index (κ1) is 15.0. The van der Waals surface area contributed by atoms with Crippen molar-refractivity contribution in [2.75, 3.05) is 12.4 Å². The zero-order valence-corrected chi connectivity index (χ0v) is 12.3. The average Bonchev–Trinajstić information content (AvgIpc) is 2.90. The topological polar surface area (TPSA) is 79.9 Å². The number of aromatic amines is 1. The molecule has 0 saturated heterocycles. The number of hydrogen-bond donors (Lipinski definition) is 2. The molecule has 0 aliphatic rings. The molecule has 7 heteroatoms. The third-order valence-electron chi connectivity index (χ3n) is 2.81. The van der Waals surface area contributed by atoms with Gasteiger partial charge in [-0.3, -0.25) is 9.89 Å². The number of methoxy groups -OCH3 is 1. The van der Waals surface area contributed by atoms with Crippen LogP contribution in [0.5, 0.6) is 5.75 Å². The zero-order chi connectivity index (χ0) is 15.6. The van der Waals surface area contributed by atoms with Crippen LogP contribution in [-0.2, 0) is 5.41 Å². The van der Waals surface area contributed by atoms with Gasteiger partial charge in [-0.1, -0.05) is 20.8 Å². The molecule has 112 valence electrons. The second-order valence-electron chi connectivity index (χ2n) is 5.56. The van der Waals surface area contributed by atoms with Crippen LogP contribution in [0.4, 0.5) is 10.1 Å². The lowest BCUT2D eigenvalue weighted by Crippen LogP contribution is -2.16. The number of aromatic nitrogens is 3. The number of hydrogen-bond acceptors (Lipinski definition) is 4. The number of benzene rings is 1. The fourth-order valence-electron chi connectivity index (χ4n) is 1.65. The van der Waals surface area contributed by atoms with E-state index >= 15 is 0 Å². The first-order chi connectivity index (χ1) is 9.81. The quantitative estimate of drug-likeness (QED) is 0.911. The van der Waals surface area contributed by atoms with E-state index in [0.717, 1.165) is 0 Å². The van der Waals surface area contributed by atoms with Gasteiger partial charge in [0.05, 0.1) is 12.8 Å². The number of carbonyl (C=O) groups is 1. The molecule has 0 saturated carbocycles. The summed E-state index contributed by atoms with van der Waals surface area (Å²) in [6, 6.07) is 3.84. The van der Waals surface area contributed by atoms with Gasteiger partial charge in [0.25, 0.3) is 5.91 Å². The molecule has 2 rings (SSSR count). The van der Waals surface area contributed by atoms with Crippen LogP contribution in [0.25, 0.3) is 0 Å². The number of rotatable bonds is 3.